The quantitative estimate of drug-likeness (QED) is 0.383. The standard InChI is InChI=1S/C33H39NO2/c1-21-4-5-25-16-26(7-6-24(25)14-21)27-8-9-31-29(17-27)18-32(30-11-13-36-20-23(30)3)34-33(31)28-10-12-35-19-22(2)15-28/h4-9,16-18,21-23,28,30H,10-15,19-20H2,1-3H3/t21?,22-,23+,28?,30?/m1/s1. The van der Waals surface area contributed by atoms with Gasteiger partial charge in [-0.15, -0.1) is 0 Å². The number of rotatable bonds is 3. The van der Waals surface area contributed by atoms with Crippen LogP contribution in [-0.2, 0) is 15.9 Å². The van der Waals surface area contributed by atoms with Gasteiger partial charge in [0.15, 0.2) is 0 Å². The van der Waals surface area contributed by atoms with Crippen LogP contribution in [0.2, 0.25) is 0 Å². The highest BCUT2D eigenvalue weighted by Crippen LogP contribution is 2.39. The van der Waals surface area contributed by atoms with Crippen LogP contribution in [0.1, 0.15) is 74.4 Å². The summed E-state index contributed by atoms with van der Waals surface area (Å²) in [5.74, 6) is 2.58. The van der Waals surface area contributed by atoms with Crippen LogP contribution in [0.4, 0.5) is 0 Å². The Kier molecular flexibility index (Phi) is 6.71. The molecule has 1 aromatic heterocycles. The molecule has 0 spiro atoms. The summed E-state index contributed by atoms with van der Waals surface area (Å²) in [4.78, 5) is 5.42. The molecule has 0 bridgehead atoms. The van der Waals surface area contributed by atoms with Gasteiger partial charge in [-0.25, -0.2) is 0 Å². The van der Waals surface area contributed by atoms with Crippen LogP contribution in [0.5, 0.6) is 0 Å². The first-order valence-corrected chi connectivity index (χ1v) is 14.0. The van der Waals surface area contributed by atoms with E-state index in [1.54, 1.807) is 0 Å². The van der Waals surface area contributed by atoms with E-state index in [2.05, 4.69) is 75.4 Å². The molecule has 5 atom stereocenters. The summed E-state index contributed by atoms with van der Waals surface area (Å²) in [5.41, 5.74) is 7.95. The van der Waals surface area contributed by atoms with Crippen LogP contribution in [0.25, 0.3) is 28.0 Å². The highest BCUT2D eigenvalue weighted by Gasteiger charge is 2.28. The zero-order chi connectivity index (χ0) is 24.6. The first kappa shape index (κ1) is 23.9. The monoisotopic (exact) mass is 481 g/mol. The summed E-state index contributed by atoms with van der Waals surface area (Å²) in [5, 5.41) is 2.64. The molecule has 3 aromatic rings. The van der Waals surface area contributed by atoms with Crippen molar-refractivity contribution in [2.45, 2.75) is 58.3 Å². The molecular weight excluding hydrogens is 442 g/mol. The van der Waals surface area contributed by atoms with Gasteiger partial charge in [-0.1, -0.05) is 57.2 Å². The van der Waals surface area contributed by atoms with Crippen molar-refractivity contribution in [1.29, 1.82) is 0 Å². The highest BCUT2D eigenvalue weighted by atomic mass is 16.5. The minimum absolute atomic E-state index is 0.446. The fraction of sp³-hybridized carbons (Fsp3) is 0.485. The molecule has 36 heavy (non-hydrogen) atoms. The number of ether oxygens (including phenoxy) is 2. The van der Waals surface area contributed by atoms with Gasteiger partial charge in [0, 0.05) is 49.3 Å². The van der Waals surface area contributed by atoms with E-state index in [1.165, 1.54) is 44.4 Å². The van der Waals surface area contributed by atoms with Crippen LogP contribution < -0.4 is 0 Å². The number of aromatic nitrogens is 1. The fourth-order valence-electron chi connectivity index (χ4n) is 6.54. The van der Waals surface area contributed by atoms with Crippen molar-refractivity contribution < 1.29 is 9.47 Å². The average Bonchev–Trinajstić information content (AvgIpc) is 3.12. The molecule has 2 aliphatic heterocycles. The molecule has 1 aliphatic carbocycles. The number of pyridine rings is 1. The Morgan fingerprint density at radius 2 is 1.67 bits per heavy atom. The second kappa shape index (κ2) is 10.1. The molecule has 3 heterocycles. The normalized spacial score (nSPS) is 28.6. The van der Waals surface area contributed by atoms with Gasteiger partial charge < -0.3 is 9.47 Å². The molecule has 2 saturated heterocycles. The zero-order valence-corrected chi connectivity index (χ0v) is 22.0. The second-order valence-corrected chi connectivity index (χ2v) is 11.7. The molecule has 6 rings (SSSR count). The molecule has 3 unspecified atom stereocenters. The van der Waals surface area contributed by atoms with Crippen LogP contribution in [0.15, 0.2) is 48.5 Å². The minimum atomic E-state index is 0.446. The molecule has 0 amide bonds. The van der Waals surface area contributed by atoms with Crippen molar-refractivity contribution in [1.82, 2.24) is 4.98 Å². The molecule has 0 radical (unpaired) electrons. The maximum absolute atomic E-state index is 5.91. The lowest BCUT2D eigenvalue weighted by molar-refractivity contribution is 0.0463. The van der Waals surface area contributed by atoms with E-state index in [-0.39, 0.29) is 0 Å². The van der Waals surface area contributed by atoms with E-state index >= 15 is 0 Å². The third kappa shape index (κ3) is 4.76. The van der Waals surface area contributed by atoms with E-state index in [0.717, 1.165) is 52.1 Å². The number of allylic oxidation sites excluding steroid dienone is 1. The SMILES string of the molecule is CC1C=Cc2cc(-c3ccc4c(C5CCOC[C@H](C)C5)nc(C5CCOC[C@@H]5C)cc4c3)ccc2C1. The Bertz CT molecular complexity index is 1280. The lowest BCUT2D eigenvalue weighted by Gasteiger charge is -2.30. The Balaban J connectivity index is 1.45. The summed E-state index contributed by atoms with van der Waals surface area (Å²) in [6.07, 6.45) is 9.02. The van der Waals surface area contributed by atoms with Gasteiger partial charge in [-0.3, -0.25) is 4.98 Å². The molecule has 3 nitrogen and oxygen atoms in total. The first-order valence-electron chi connectivity index (χ1n) is 14.0. The van der Waals surface area contributed by atoms with Crippen molar-refractivity contribution in [2.75, 3.05) is 26.4 Å². The van der Waals surface area contributed by atoms with Crippen LogP contribution in [-0.4, -0.2) is 31.4 Å². The second-order valence-electron chi connectivity index (χ2n) is 11.7. The van der Waals surface area contributed by atoms with Gasteiger partial charge in [-0.2, -0.15) is 0 Å². The Labute approximate surface area is 215 Å². The summed E-state index contributed by atoms with van der Waals surface area (Å²) in [7, 11) is 0. The predicted molar refractivity (Wildman–Crippen MR) is 148 cm³/mol. The Hall–Kier alpha value is -2.49. The minimum Gasteiger partial charge on any atom is -0.381 e. The van der Waals surface area contributed by atoms with Crippen LogP contribution in [0, 0.1) is 17.8 Å². The van der Waals surface area contributed by atoms with Crippen molar-refractivity contribution in [3.05, 3.63) is 71.1 Å². The summed E-state index contributed by atoms with van der Waals surface area (Å²) >= 11 is 0. The van der Waals surface area contributed by atoms with E-state index in [4.69, 9.17) is 14.5 Å². The highest BCUT2D eigenvalue weighted by molar-refractivity contribution is 5.90. The van der Waals surface area contributed by atoms with E-state index in [1.807, 2.05) is 0 Å². The summed E-state index contributed by atoms with van der Waals surface area (Å²) < 4.78 is 11.7. The van der Waals surface area contributed by atoms with Gasteiger partial charge in [0.1, 0.15) is 0 Å². The number of nitrogens with zero attached hydrogens (tertiary/aromatic N) is 1. The maximum atomic E-state index is 5.91. The number of fused-ring (bicyclic) bond motifs is 2. The van der Waals surface area contributed by atoms with Crippen molar-refractivity contribution in [3.63, 3.8) is 0 Å². The Morgan fingerprint density at radius 3 is 2.56 bits per heavy atom. The number of hydrogen-bond donors (Lipinski definition) is 0. The lowest BCUT2D eigenvalue weighted by atomic mass is 9.83. The molecule has 3 aliphatic rings. The topological polar surface area (TPSA) is 31.4 Å². The third-order valence-corrected chi connectivity index (χ3v) is 8.61. The molecule has 3 heteroatoms. The smallest absolute Gasteiger partial charge is 0.0517 e. The van der Waals surface area contributed by atoms with Crippen LogP contribution in [0.3, 0.4) is 0 Å². The first-order chi connectivity index (χ1) is 17.5. The van der Waals surface area contributed by atoms with E-state index in [9.17, 15) is 0 Å². The van der Waals surface area contributed by atoms with E-state index < -0.39 is 0 Å². The van der Waals surface area contributed by atoms with Gasteiger partial charge in [0.25, 0.3) is 0 Å². The predicted octanol–water partition coefficient (Wildman–Crippen LogP) is 7.78. The van der Waals surface area contributed by atoms with Crippen LogP contribution >= 0.6 is 0 Å². The average molecular weight is 482 g/mol. The van der Waals surface area contributed by atoms with Gasteiger partial charge >= 0.3 is 0 Å². The molecule has 2 aromatic carbocycles. The fourth-order valence-corrected chi connectivity index (χ4v) is 6.54. The van der Waals surface area contributed by atoms with Gasteiger partial charge in [0.2, 0.25) is 0 Å². The molecular formula is C33H39NO2. The largest absolute Gasteiger partial charge is 0.381 e. The Morgan fingerprint density at radius 1 is 0.861 bits per heavy atom. The summed E-state index contributed by atoms with van der Waals surface area (Å²) in [6.45, 7) is 10.3. The molecule has 0 N–H and O–H groups in total. The molecule has 2 fully saturated rings. The number of benzene rings is 2. The molecule has 0 saturated carbocycles. The lowest BCUT2D eigenvalue weighted by Crippen LogP contribution is -2.24. The zero-order valence-electron chi connectivity index (χ0n) is 22.0. The van der Waals surface area contributed by atoms with Crippen molar-refractivity contribution in [2.24, 2.45) is 17.8 Å². The van der Waals surface area contributed by atoms with Gasteiger partial charge in [0.05, 0.1) is 5.69 Å². The number of hydrogen-bond acceptors (Lipinski definition) is 3. The molecule has 188 valence electrons. The maximum Gasteiger partial charge on any atom is 0.0517 e. The summed E-state index contributed by atoms with van der Waals surface area (Å²) in [6, 6.07) is 16.4. The van der Waals surface area contributed by atoms with Crippen molar-refractivity contribution in [3.8, 4) is 11.1 Å². The van der Waals surface area contributed by atoms with E-state index in [0.29, 0.717) is 29.6 Å². The third-order valence-electron chi connectivity index (χ3n) is 8.61. The van der Waals surface area contributed by atoms with Gasteiger partial charge in [-0.05, 0) is 89.3 Å². The van der Waals surface area contributed by atoms with Crippen molar-refractivity contribution >= 4 is 16.8 Å².